The van der Waals surface area contributed by atoms with E-state index in [4.69, 9.17) is 9.47 Å². The summed E-state index contributed by atoms with van der Waals surface area (Å²) < 4.78 is 12.4. The van der Waals surface area contributed by atoms with E-state index < -0.39 is 11.6 Å². The number of aromatic nitrogens is 3. The van der Waals surface area contributed by atoms with Gasteiger partial charge in [0.2, 0.25) is 0 Å². The third-order valence-corrected chi connectivity index (χ3v) is 6.43. The predicted molar refractivity (Wildman–Crippen MR) is 132 cm³/mol. The van der Waals surface area contributed by atoms with E-state index in [2.05, 4.69) is 15.4 Å². The van der Waals surface area contributed by atoms with E-state index in [1.54, 1.807) is 12.3 Å². The van der Waals surface area contributed by atoms with Gasteiger partial charge in [-0.1, -0.05) is 6.07 Å². The minimum Gasteiger partial charge on any atom is -0.464 e. The molecule has 34 heavy (non-hydrogen) atoms. The van der Waals surface area contributed by atoms with Gasteiger partial charge < -0.3 is 14.8 Å². The average molecular weight is 576 g/mol. The number of hydrogen-bond acceptors (Lipinski definition) is 7. The van der Waals surface area contributed by atoms with E-state index in [0.29, 0.717) is 21.2 Å². The van der Waals surface area contributed by atoms with Crippen molar-refractivity contribution < 1.29 is 23.9 Å². The number of carbonyl (C=O) groups excluding carboxylic acids is 3. The van der Waals surface area contributed by atoms with E-state index in [9.17, 15) is 14.4 Å². The lowest BCUT2D eigenvalue weighted by atomic mass is 9.97. The molecule has 178 valence electrons. The molecule has 1 N–H and O–H groups in total. The molecule has 1 aromatic carbocycles. The second kappa shape index (κ2) is 8.97. The molecule has 0 spiro atoms. The highest BCUT2D eigenvalue weighted by Gasteiger charge is 2.30. The number of fused-ring (bicyclic) bond motifs is 2. The molecule has 1 aliphatic carbocycles. The maximum Gasteiger partial charge on any atom is 0.356 e. The van der Waals surface area contributed by atoms with Crippen LogP contribution in [0.2, 0.25) is 0 Å². The van der Waals surface area contributed by atoms with Crippen molar-refractivity contribution >= 4 is 46.1 Å². The van der Waals surface area contributed by atoms with Crippen molar-refractivity contribution in [1.82, 2.24) is 19.9 Å². The molecule has 0 bridgehead atoms. The van der Waals surface area contributed by atoms with Gasteiger partial charge in [-0.05, 0) is 85.9 Å². The number of nitrogens with one attached hydrogen (secondary N) is 1. The molecular weight excluding hydrogens is 551 g/mol. The van der Waals surface area contributed by atoms with Gasteiger partial charge in [0.25, 0.3) is 5.91 Å². The second-order valence-electron chi connectivity index (χ2n) is 9.12. The Morgan fingerprint density at radius 1 is 1.21 bits per heavy atom. The molecule has 10 heteroatoms. The largest absolute Gasteiger partial charge is 0.464 e. The number of hydrogen-bond donors (Lipinski definition) is 1. The maximum absolute atomic E-state index is 13.3. The second-order valence-corrected chi connectivity index (χ2v) is 10.3. The Morgan fingerprint density at radius 2 is 1.94 bits per heavy atom. The third kappa shape index (κ3) is 4.50. The quantitative estimate of drug-likeness (QED) is 0.372. The average Bonchev–Trinajstić information content (AvgIpc) is 3.35. The van der Waals surface area contributed by atoms with E-state index in [-0.39, 0.29) is 29.3 Å². The van der Waals surface area contributed by atoms with Crippen LogP contribution in [0.15, 0.2) is 24.4 Å². The van der Waals surface area contributed by atoms with Gasteiger partial charge in [0, 0.05) is 6.07 Å². The maximum atomic E-state index is 13.3. The number of carbonyl (C=O) groups is 3. The van der Waals surface area contributed by atoms with Crippen LogP contribution in [0.1, 0.15) is 81.3 Å². The van der Waals surface area contributed by atoms with Gasteiger partial charge in [-0.3, -0.25) is 4.79 Å². The molecule has 4 rings (SSSR count). The van der Waals surface area contributed by atoms with Crippen LogP contribution in [0, 0.1) is 10.5 Å². The Hall–Kier alpha value is -3.02. The summed E-state index contributed by atoms with van der Waals surface area (Å²) in [5, 5.41) is 7.29. The Balaban J connectivity index is 1.63. The Morgan fingerprint density at radius 3 is 2.62 bits per heavy atom. The predicted octanol–water partition coefficient (Wildman–Crippen LogP) is 3.80. The van der Waals surface area contributed by atoms with Crippen molar-refractivity contribution in [2.24, 2.45) is 0 Å². The molecule has 9 nitrogen and oxygen atoms in total. The van der Waals surface area contributed by atoms with Gasteiger partial charge in [0.15, 0.2) is 11.3 Å². The highest BCUT2D eigenvalue weighted by Crippen LogP contribution is 2.35. The van der Waals surface area contributed by atoms with Crippen LogP contribution in [-0.2, 0) is 15.9 Å². The molecule has 1 aliphatic rings. The fourth-order valence-corrected chi connectivity index (χ4v) is 4.60. The molecule has 0 aliphatic heterocycles. The topological polar surface area (TPSA) is 112 Å². The number of ether oxygens (including phenoxy) is 2. The van der Waals surface area contributed by atoms with Gasteiger partial charge in [-0.15, -0.1) is 0 Å². The first-order chi connectivity index (χ1) is 16.0. The van der Waals surface area contributed by atoms with Gasteiger partial charge in [0.05, 0.1) is 28.5 Å². The van der Waals surface area contributed by atoms with Crippen molar-refractivity contribution in [2.45, 2.75) is 52.2 Å². The Labute approximate surface area is 210 Å². The fraction of sp³-hybridized carbons (Fsp3) is 0.375. The lowest BCUT2D eigenvalue weighted by Gasteiger charge is -2.21. The van der Waals surface area contributed by atoms with Crippen molar-refractivity contribution in [3.8, 4) is 0 Å². The first-order valence-corrected chi connectivity index (χ1v) is 11.9. The number of amides is 1. The van der Waals surface area contributed by atoms with Crippen LogP contribution in [0.3, 0.4) is 0 Å². The van der Waals surface area contributed by atoms with E-state index in [1.165, 1.54) is 17.7 Å². The first-order valence-electron chi connectivity index (χ1n) is 10.8. The third-order valence-electron chi connectivity index (χ3n) is 5.67. The summed E-state index contributed by atoms with van der Waals surface area (Å²) in [6, 6.07) is 4.76. The summed E-state index contributed by atoms with van der Waals surface area (Å²) in [5.41, 5.74) is 3.44. The summed E-state index contributed by atoms with van der Waals surface area (Å²) >= 11 is 2.05. The minimum atomic E-state index is -0.634. The Kier molecular flexibility index (Phi) is 6.36. The highest BCUT2D eigenvalue weighted by molar-refractivity contribution is 14.1. The molecule has 2 heterocycles. The van der Waals surface area contributed by atoms with Crippen LogP contribution >= 0.6 is 22.6 Å². The van der Waals surface area contributed by atoms with Crippen molar-refractivity contribution in [3.63, 3.8) is 0 Å². The van der Waals surface area contributed by atoms with Gasteiger partial charge in [-0.25, -0.2) is 19.1 Å². The zero-order valence-electron chi connectivity index (χ0n) is 19.6. The number of methoxy groups -OCH3 is 1. The van der Waals surface area contributed by atoms with Crippen molar-refractivity contribution in [3.05, 3.63) is 61.6 Å². The molecule has 0 fully saturated rings. The van der Waals surface area contributed by atoms with Crippen molar-refractivity contribution in [2.75, 3.05) is 7.11 Å². The zero-order chi connectivity index (χ0) is 24.8. The molecule has 3 aromatic rings. The smallest absolute Gasteiger partial charge is 0.356 e. The van der Waals surface area contributed by atoms with Crippen LogP contribution in [0.4, 0.5) is 0 Å². The molecule has 0 unspecified atom stereocenters. The monoisotopic (exact) mass is 576 g/mol. The van der Waals surface area contributed by atoms with Gasteiger partial charge in [0.1, 0.15) is 11.3 Å². The molecule has 0 saturated carbocycles. The van der Waals surface area contributed by atoms with Crippen molar-refractivity contribution in [1.29, 1.82) is 0 Å². The van der Waals surface area contributed by atoms with E-state index >= 15 is 0 Å². The van der Waals surface area contributed by atoms with E-state index in [1.807, 2.05) is 56.4 Å². The molecule has 1 atom stereocenters. The van der Waals surface area contributed by atoms with Crippen LogP contribution in [0.5, 0.6) is 0 Å². The number of benzene rings is 1. The number of esters is 2. The SMILES string of the molecule is COC(=O)c1cc(C(=O)N[C@H]2CCc3c2ccc(C(=O)OC(C)(C)C)c3C)n2ncc(I)c2n1. The molecule has 1 amide bonds. The van der Waals surface area contributed by atoms with Crippen LogP contribution in [-0.4, -0.2) is 45.2 Å². The van der Waals surface area contributed by atoms with Gasteiger partial charge in [-0.2, -0.15) is 5.10 Å². The lowest BCUT2D eigenvalue weighted by Crippen LogP contribution is -2.30. The highest BCUT2D eigenvalue weighted by atomic mass is 127. The number of rotatable bonds is 4. The van der Waals surface area contributed by atoms with Crippen LogP contribution < -0.4 is 5.32 Å². The minimum absolute atomic E-state index is 0.0308. The molecular formula is C24H25IN4O5. The summed E-state index contributed by atoms with van der Waals surface area (Å²) in [6.07, 6.45) is 2.99. The molecule has 0 radical (unpaired) electrons. The van der Waals surface area contributed by atoms with Gasteiger partial charge >= 0.3 is 11.9 Å². The standard InChI is InChI=1S/C24H25IN4O5/c1-12-13-8-9-17(15(13)7-6-14(12)22(31)34-24(2,3)4)28-21(30)19-10-18(23(32)33-5)27-20-16(25)11-26-29(19)20/h6-7,10-11,17H,8-9H2,1-5H3,(H,28,30)/t17-/m0/s1. The van der Waals surface area contributed by atoms with Crippen LogP contribution in [0.25, 0.3) is 5.65 Å². The summed E-state index contributed by atoms with van der Waals surface area (Å²) in [4.78, 5) is 42.3. The fourth-order valence-electron chi connectivity index (χ4n) is 4.12. The summed E-state index contributed by atoms with van der Waals surface area (Å²) in [7, 11) is 1.26. The lowest BCUT2D eigenvalue weighted by molar-refractivity contribution is 0.00682. The zero-order valence-corrected chi connectivity index (χ0v) is 21.7. The first kappa shape index (κ1) is 24.1. The normalized spacial score (nSPS) is 15.2. The Bertz CT molecular complexity index is 1330. The van der Waals surface area contributed by atoms with E-state index in [0.717, 1.165) is 23.1 Å². The number of halogens is 1. The number of nitrogens with zero attached hydrogens (tertiary/aromatic N) is 3. The molecule has 2 aromatic heterocycles. The molecule has 0 saturated heterocycles. The summed E-state index contributed by atoms with van der Waals surface area (Å²) in [5.74, 6) is -1.38. The summed E-state index contributed by atoms with van der Waals surface area (Å²) in [6.45, 7) is 7.41.